The monoisotopic (exact) mass is 235 g/mol. The topological polar surface area (TPSA) is 49.8 Å². The summed E-state index contributed by atoms with van der Waals surface area (Å²) >= 11 is 0. The molecule has 0 fully saturated rings. The zero-order chi connectivity index (χ0) is 12.8. The Kier molecular flexibility index (Phi) is 4.57. The molecule has 0 aliphatic rings. The maximum absolute atomic E-state index is 10.7. The molecule has 4 nitrogen and oxygen atoms in total. The van der Waals surface area contributed by atoms with Crippen LogP contribution in [0.5, 0.6) is 5.75 Å². The molecule has 92 valence electrons. The van der Waals surface area contributed by atoms with E-state index in [1.54, 1.807) is 20.1 Å². The minimum atomic E-state index is -0.890. The second-order valence-corrected chi connectivity index (χ2v) is 3.74. The van der Waals surface area contributed by atoms with E-state index >= 15 is 0 Å². The van der Waals surface area contributed by atoms with Crippen molar-refractivity contribution in [1.82, 2.24) is 0 Å². The minimum absolute atomic E-state index is 0.340. The molecule has 0 bridgehead atoms. The van der Waals surface area contributed by atoms with Gasteiger partial charge in [-0.05, 0) is 19.1 Å². The van der Waals surface area contributed by atoms with Gasteiger partial charge in [-0.3, -0.25) is 0 Å². The number of anilines is 1. The van der Waals surface area contributed by atoms with E-state index < -0.39 is 5.97 Å². The fourth-order valence-corrected chi connectivity index (χ4v) is 1.40. The lowest BCUT2D eigenvalue weighted by Gasteiger charge is -2.20. The third-order valence-corrected chi connectivity index (χ3v) is 2.51. The van der Waals surface area contributed by atoms with Crippen molar-refractivity contribution in [3.63, 3.8) is 0 Å². The second kappa shape index (κ2) is 5.94. The summed E-state index contributed by atoms with van der Waals surface area (Å²) in [6, 6.07) is 7.62. The number of ether oxygens (including phenoxy) is 1. The SMILES string of the molecule is COc1ccccc1N(C)CC=C(C)C(=O)O. The van der Waals surface area contributed by atoms with Gasteiger partial charge in [-0.15, -0.1) is 0 Å². The van der Waals surface area contributed by atoms with Crippen LogP contribution in [0.25, 0.3) is 0 Å². The van der Waals surface area contributed by atoms with Crippen molar-refractivity contribution >= 4 is 11.7 Å². The maximum atomic E-state index is 10.7. The van der Waals surface area contributed by atoms with Gasteiger partial charge in [0, 0.05) is 19.2 Å². The standard InChI is InChI=1S/C13H17NO3/c1-10(13(15)16)8-9-14(2)11-6-4-5-7-12(11)17-3/h4-8H,9H2,1-3H3,(H,15,16). The van der Waals surface area contributed by atoms with Crippen LogP contribution in [0.2, 0.25) is 0 Å². The summed E-state index contributed by atoms with van der Waals surface area (Å²) in [6.45, 7) is 2.11. The lowest BCUT2D eigenvalue weighted by Crippen LogP contribution is -2.18. The van der Waals surface area contributed by atoms with Gasteiger partial charge < -0.3 is 14.7 Å². The molecule has 1 rings (SSSR count). The Morgan fingerprint density at radius 2 is 2.12 bits per heavy atom. The van der Waals surface area contributed by atoms with Crippen molar-refractivity contribution in [2.75, 3.05) is 25.6 Å². The zero-order valence-corrected chi connectivity index (χ0v) is 10.3. The minimum Gasteiger partial charge on any atom is -0.495 e. The Bertz CT molecular complexity index is 426. The van der Waals surface area contributed by atoms with Crippen molar-refractivity contribution in [3.05, 3.63) is 35.9 Å². The van der Waals surface area contributed by atoms with E-state index in [0.29, 0.717) is 12.1 Å². The molecule has 0 aliphatic carbocycles. The highest BCUT2D eigenvalue weighted by Gasteiger charge is 2.06. The van der Waals surface area contributed by atoms with Gasteiger partial charge in [-0.2, -0.15) is 0 Å². The summed E-state index contributed by atoms with van der Waals surface area (Å²) in [6.07, 6.45) is 1.68. The van der Waals surface area contributed by atoms with Crippen molar-refractivity contribution in [1.29, 1.82) is 0 Å². The van der Waals surface area contributed by atoms with Crippen molar-refractivity contribution in [2.45, 2.75) is 6.92 Å². The number of carboxylic acids is 1. The highest BCUT2D eigenvalue weighted by Crippen LogP contribution is 2.26. The first-order valence-corrected chi connectivity index (χ1v) is 5.30. The predicted molar refractivity (Wildman–Crippen MR) is 67.7 cm³/mol. The summed E-state index contributed by atoms with van der Waals surface area (Å²) in [5, 5.41) is 8.75. The molecule has 1 aromatic rings. The lowest BCUT2D eigenvalue weighted by molar-refractivity contribution is -0.132. The number of para-hydroxylation sites is 2. The first kappa shape index (κ1) is 13.1. The van der Waals surface area contributed by atoms with Crippen molar-refractivity contribution in [3.8, 4) is 5.75 Å². The van der Waals surface area contributed by atoms with Gasteiger partial charge in [0.25, 0.3) is 0 Å². The summed E-state index contributed by atoms with van der Waals surface area (Å²) in [5.41, 5.74) is 1.27. The molecular weight excluding hydrogens is 218 g/mol. The van der Waals surface area contributed by atoms with Gasteiger partial charge in [-0.1, -0.05) is 18.2 Å². The summed E-state index contributed by atoms with van der Waals surface area (Å²) in [4.78, 5) is 12.6. The van der Waals surface area contributed by atoms with Crippen LogP contribution < -0.4 is 9.64 Å². The Hall–Kier alpha value is -1.97. The average molecular weight is 235 g/mol. The molecule has 0 heterocycles. The third kappa shape index (κ3) is 3.52. The number of nitrogens with zero attached hydrogens (tertiary/aromatic N) is 1. The van der Waals surface area contributed by atoms with Crippen molar-refractivity contribution in [2.24, 2.45) is 0 Å². The van der Waals surface area contributed by atoms with E-state index in [1.165, 1.54) is 0 Å². The first-order chi connectivity index (χ1) is 8.06. The molecule has 17 heavy (non-hydrogen) atoms. The first-order valence-electron chi connectivity index (χ1n) is 5.30. The summed E-state index contributed by atoms with van der Waals surface area (Å²) in [7, 11) is 3.51. The molecule has 0 radical (unpaired) electrons. The van der Waals surface area contributed by atoms with Gasteiger partial charge >= 0.3 is 5.97 Å². The van der Waals surface area contributed by atoms with E-state index in [0.717, 1.165) is 11.4 Å². The highest BCUT2D eigenvalue weighted by molar-refractivity contribution is 5.85. The second-order valence-electron chi connectivity index (χ2n) is 3.74. The molecular formula is C13H17NO3. The van der Waals surface area contributed by atoms with E-state index in [1.807, 2.05) is 36.2 Å². The zero-order valence-electron chi connectivity index (χ0n) is 10.3. The Morgan fingerprint density at radius 3 is 2.71 bits per heavy atom. The Balaban J connectivity index is 2.80. The van der Waals surface area contributed by atoms with E-state index in [-0.39, 0.29) is 0 Å². The number of aliphatic carboxylic acids is 1. The normalized spacial score (nSPS) is 11.1. The number of benzene rings is 1. The third-order valence-electron chi connectivity index (χ3n) is 2.51. The van der Waals surface area contributed by atoms with Gasteiger partial charge in [0.05, 0.1) is 12.8 Å². The van der Waals surface area contributed by atoms with Crippen LogP contribution in [-0.4, -0.2) is 31.8 Å². The average Bonchev–Trinajstić information content (AvgIpc) is 2.35. The largest absolute Gasteiger partial charge is 0.495 e. The number of hydrogen-bond donors (Lipinski definition) is 1. The van der Waals surface area contributed by atoms with Crippen LogP contribution in [0.1, 0.15) is 6.92 Å². The van der Waals surface area contributed by atoms with Crippen LogP contribution in [-0.2, 0) is 4.79 Å². The Morgan fingerprint density at radius 1 is 1.47 bits per heavy atom. The Labute approximate surface area is 101 Å². The van der Waals surface area contributed by atoms with Crippen LogP contribution in [0.15, 0.2) is 35.9 Å². The van der Waals surface area contributed by atoms with E-state index in [2.05, 4.69) is 0 Å². The molecule has 1 N–H and O–H groups in total. The van der Waals surface area contributed by atoms with Crippen molar-refractivity contribution < 1.29 is 14.6 Å². The summed E-state index contributed by atoms with van der Waals surface area (Å²) < 4.78 is 5.24. The predicted octanol–water partition coefficient (Wildman–Crippen LogP) is 2.16. The lowest BCUT2D eigenvalue weighted by atomic mass is 10.2. The summed E-state index contributed by atoms with van der Waals surface area (Å²) in [5.74, 6) is -0.116. The molecule has 4 heteroatoms. The number of rotatable bonds is 5. The van der Waals surface area contributed by atoms with Gasteiger partial charge in [0.1, 0.15) is 5.75 Å². The molecule has 0 aromatic heterocycles. The molecule has 0 aliphatic heterocycles. The van der Waals surface area contributed by atoms with Crippen LogP contribution >= 0.6 is 0 Å². The number of carbonyl (C=O) groups is 1. The molecule has 0 atom stereocenters. The molecule has 0 unspecified atom stereocenters. The van der Waals surface area contributed by atoms with Gasteiger partial charge in [0.15, 0.2) is 0 Å². The van der Waals surface area contributed by atoms with E-state index in [9.17, 15) is 4.79 Å². The molecule has 0 saturated carbocycles. The highest BCUT2D eigenvalue weighted by atomic mass is 16.5. The fourth-order valence-electron chi connectivity index (χ4n) is 1.40. The number of likely N-dealkylation sites (N-methyl/N-ethyl adjacent to an activating group) is 1. The number of methoxy groups -OCH3 is 1. The smallest absolute Gasteiger partial charge is 0.331 e. The van der Waals surface area contributed by atoms with Gasteiger partial charge in [0.2, 0.25) is 0 Å². The van der Waals surface area contributed by atoms with Crippen LogP contribution in [0.4, 0.5) is 5.69 Å². The quantitative estimate of drug-likeness (QED) is 0.794. The van der Waals surface area contributed by atoms with Crippen LogP contribution in [0.3, 0.4) is 0 Å². The number of hydrogen-bond acceptors (Lipinski definition) is 3. The van der Waals surface area contributed by atoms with Crippen LogP contribution in [0, 0.1) is 0 Å². The van der Waals surface area contributed by atoms with Gasteiger partial charge in [-0.25, -0.2) is 4.79 Å². The maximum Gasteiger partial charge on any atom is 0.331 e. The molecule has 1 aromatic carbocycles. The molecule has 0 amide bonds. The molecule has 0 saturated heterocycles. The molecule has 0 spiro atoms. The fraction of sp³-hybridized carbons (Fsp3) is 0.308. The number of carboxylic acid groups (broad SMARTS) is 1. The van der Waals surface area contributed by atoms with E-state index in [4.69, 9.17) is 9.84 Å².